The van der Waals surface area contributed by atoms with Gasteiger partial charge in [0.15, 0.2) is 0 Å². The summed E-state index contributed by atoms with van der Waals surface area (Å²) in [4.78, 5) is 26.9. The minimum atomic E-state index is -0.745. The van der Waals surface area contributed by atoms with Crippen LogP contribution in [0.5, 0.6) is 0 Å². The lowest BCUT2D eigenvalue weighted by Gasteiger charge is -2.31. The van der Waals surface area contributed by atoms with E-state index < -0.39 is 17.7 Å². The van der Waals surface area contributed by atoms with Crippen LogP contribution in [0.4, 0.5) is 19.3 Å². The molecule has 0 atom stereocenters. The summed E-state index contributed by atoms with van der Waals surface area (Å²) in [6.07, 6.45) is 1.66. The number of aromatic nitrogens is 2. The average Bonchev–Trinajstić information content (AvgIpc) is 2.88. The third-order valence-corrected chi connectivity index (χ3v) is 8.88. The number of benzene rings is 2. The first-order chi connectivity index (χ1) is 17.9. The van der Waals surface area contributed by atoms with Crippen LogP contribution in [0.2, 0.25) is 0 Å². The van der Waals surface area contributed by atoms with Gasteiger partial charge in [0.1, 0.15) is 17.3 Å². The van der Waals surface area contributed by atoms with Crippen molar-refractivity contribution in [2.75, 3.05) is 43.1 Å². The first-order valence-electron chi connectivity index (χ1n) is 11.7. The summed E-state index contributed by atoms with van der Waals surface area (Å²) >= 11 is 0.962. The van der Waals surface area contributed by atoms with Gasteiger partial charge in [-0.1, -0.05) is 12.1 Å². The van der Waals surface area contributed by atoms with Crippen LogP contribution < -0.4 is 10.7 Å². The molecule has 12 heteroatoms. The SMILES string of the molecule is O=C(Nc1cccc(Cc2nn(-c3cc(F)cc(F)c3)ccc2=O)c1)OCCCN1CC[S](SO)CC1. The van der Waals surface area contributed by atoms with Crippen molar-refractivity contribution in [1.29, 1.82) is 0 Å². The van der Waals surface area contributed by atoms with E-state index in [1.165, 1.54) is 16.9 Å². The number of hydrogen-bond donors (Lipinski definition) is 2. The smallest absolute Gasteiger partial charge is 0.411 e. The number of ether oxygens (including phenoxy) is 1. The molecule has 197 valence electrons. The maximum atomic E-state index is 13.6. The molecular formula is C25H27F2N4O4S2. The monoisotopic (exact) mass is 549 g/mol. The highest BCUT2D eigenvalue weighted by Crippen LogP contribution is 2.39. The number of halogens is 2. The maximum absolute atomic E-state index is 13.6. The van der Waals surface area contributed by atoms with Crippen LogP contribution in [0.3, 0.4) is 0 Å². The number of carbonyl (C=O) groups is 1. The van der Waals surface area contributed by atoms with Crippen molar-refractivity contribution in [2.45, 2.75) is 12.8 Å². The molecule has 1 aromatic heterocycles. The van der Waals surface area contributed by atoms with Crippen LogP contribution in [0.15, 0.2) is 59.5 Å². The predicted octanol–water partition coefficient (Wildman–Crippen LogP) is 4.75. The van der Waals surface area contributed by atoms with E-state index in [0.717, 1.165) is 66.0 Å². The second-order valence-corrected chi connectivity index (χ2v) is 12.2. The zero-order chi connectivity index (χ0) is 26.2. The van der Waals surface area contributed by atoms with Gasteiger partial charge in [-0.3, -0.25) is 10.1 Å². The van der Waals surface area contributed by atoms with Crippen molar-refractivity contribution in [3.63, 3.8) is 0 Å². The van der Waals surface area contributed by atoms with Gasteiger partial charge < -0.3 is 14.2 Å². The summed E-state index contributed by atoms with van der Waals surface area (Å²) < 4.78 is 42.9. The second-order valence-electron chi connectivity index (χ2n) is 8.45. The average molecular weight is 550 g/mol. The summed E-state index contributed by atoms with van der Waals surface area (Å²) in [5.41, 5.74) is 1.26. The molecule has 0 spiro atoms. The quantitative estimate of drug-likeness (QED) is 0.226. The Balaban J connectivity index is 1.30. The number of hydrogen-bond acceptors (Lipinski definition) is 7. The number of rotatable bonds is 9. The summed E-state index contributed by atoms with van der Waals surface area (Å²) in [6, 6.07) is 11.3. The highest BCUT2D eigenvalue weighted by molar-refractivity contribution is 8.83. The molecule has 0 bridgehead atoms. The fraction of sp³-hybridized carbons (Fsp3) is 0.320. The minimum Gasteiger partial charge on any atom is -0.449 e. The van der Waals surface area contributed by atoms with Crippen LogP contribution >= 0.6 is 21.0 Å². The van der Waals surface area contributed by atoms with Crippen LogP contribution in [0, 0.1) is 11.6 Å². The Kier molecular flexibility index (Phi) is 9.56. The Bertz CT molecular complexity index is 1270. The molecule has 0 unspecified atom stereocenters. The van der Waals surface area contributed by atoms with E-state index in [4.69, 9.17) is 9.29 Å². The van der Waals surface area contributed by atoms with Crippen molar-refractivity contribution >= 4 is 32.8 Å². The topological polar surface area (TPSA) is 96.7 Å². The van der Waals surface area contributed by atoms with Gasteiger partial charge in [0.05, 0.1) is 12.3 Å². The fourth-order valence-corrected chi connectivity index (χ4v) is 6.09. The van der Waals surface area contributed by atoms with Crippen LogP contribution in [0.25, 0.3) is 5.69 Å². The lowest BCUT2D eigenvalue weighted by atomic mass is 10.1. The van der Waals surface area contributed by atoms with E-state index in [0.29, 0.717) is 12.1 Å². The number of nitrogens with one attached hydrogen (secondary N) is 1. The lowest BCUT2D eigenvalue weighted by Crippen LogP contribution is -2.35. The van der Waals surface area contributed by atoms with Gasteiger partial charge in [-0.15, -0.1) is 9.93 Å². The molecule has 4 rings (SSSR count). The third-order valence-electron chi connectivity index (χ3n) is 5.76. The summed E-state index contributed by atoms with van der Waals surface area (Å²) in [6.45, 7) is 3.00. The van der Waals surface area contributed by atoms with Gasteiger partial charge >= 0.3 is 6.09 Å². The standard InChI is InChI=1S/C25H27F2N4O4S2/c26-19-15-20(27)17-22(16-19)31-7-5-24(32)23(29-31)14-18-3-1-4-21(13-18)28-25(33)35-10-2-6-30-8-11-37(36-34)12-9-30/h1,3-5,7,13,15-17,34H,2,6,8-12,14H2,(H,28,33). The van der Waals surface area contributed by atoms with Crippen LogP contribution in [0.1, 0.15) is 17.7 Å². The van der Waals surface area contributed by atoms with Crippen molar-refractivity contribution in [1.82, 2.24) is 14.7 Å². The Morgan fingerprint density at radius 2 is 1.89 bits per heavy atom. The second kappa shape index (κ2) is 13.0. The largest absolute Gasteiger partial charge is 0.449 e. The van der Waals surface area contributed by atoms with Gasteiger partial charge in [0.25, 0.3) is 0 Å². The van der Waals surface area contributed by atoms with Crippen molar-refractivity contribution in [3.8, 4) is 5.69 Å². The molecule has 1 radical (unpaired) electrons. The Morgan fingerprint density at radius 1 is 1.14 bits per heavy atom. The van der Waals surface area contributed by atoms with Crippen LogP contribution in [-0.2, 0) is 11.2 Å². The van der Waals surface area contributed by atoms with E-state index in [1.807, 2.05) is 0 Å². The molecule has 1 fully saturated rings. The number of anilines is 1. The number of carbonyl (C=O) groups excluding carboxylic acids is 1. The first-order valence-corrected chi connectivity index (χ1v) is 14.5. The molecule has 37 heavy (non-hydrogen) atoms. The van der Waals surface area contributed by atoms with E-state index in [-0.39, 0.29) is 39.8 Å². The normalized spacial score (nSPS) is 14.5. The fourth-order valence-electron chi connectivity index (χ4n) is 3.92. The zero-order valence-electron chi connectivity index (χ0n) is 19.9. The first kappa shape index (κ1) is 27.1. The molecule has 0 saturated carbocycles. The molecule has 1 saturated heterocycles. The molecule has 2 N–H and O–H groups in total. The number of nitrogens with zero attached hydrogens (tertiary/aromatic N) is 3. The van der Waals surface area contributed by atoms with Gasteiger partial charge in [-0.25, -0.2) is 18.3 Å². The van der Waals surface area contributed by atoms with Crippen molar-refractivity contribution < 1.29 is 22.9 Å². The number of amides is 1. The minimum absolute atomic E-state index is 0.0473. The molecule has 2 aromatic carbocycles. The Labute approximate surface area is 219 Å². The molecule has 3 aromatic rings. The van der Waals surface area contributed by atoms with Gasteiger partial charge in [0.2, 0.25) is 5.43 Å². The van der Waals surface area contributed by atoms with E-state index in [9.17, 15) is 18.4 Å². The molecule has 2 heterocycles. The van der Waals surface area contributed by atoms with Crippen molar-refractivity contribution in [3.05, 3.63) is 87.8 Å². The van der Waals surface area contributed by atoms with E-state index in [2.05, 4.69) is 15.3 Å². The molecule has 1 amide bonds. The predicted molar refractivity (Wildman–Crippen MR) is 143 cm³/mol. The van der Waals surface area contributed by atoms with Crippen molar-refractivity contribution in [2.24, 2.45) is 0 Å². The molecule has 0 aliphatic carbocycles. The maximum Gasteiger partial charge on any atom is 0.411 e. The van der Waals surface area contributed by atoms with E-state index in [1.54, 1.807) is 24.3 Å². The van der Waals surface area contributed by atoms with Gasteiger partial charge in [-0.2, -0.15) is 5.10 Å². The highest BCUT2D eigenvalue weighted by atomic mass is 33.1. The molecular weight excluding hydrogens is 522 g/mol. The summed E-state index contributed by atoms with van der Waals surface area (Å²) in [5.74, 6) is 0.470. The third kappa shape index (κ3) is 8.03. The summed E-state index contributed by atoms with van der Waals surface area (Å²) in [7, 11) is 0.0473. The molecule has 8 nitrogen and oxygen atoms in total. The van der Waals surface area contributed by atoms with E-state index >= 15 is 0 Å². The Morgan fingerprint density at radius 3 is 2.62 bits per heavy atom. The molecule has 1 aliphatic rings. The zero-order valence-corrected chi connectivity index (χ0v) is 21.6. The van der Waals surface area contributed by atoms with Crippen LogP contribution in [-0.4, -0.2) is 63.1 Å². The highest BCUT2D eigenvalue weighted by Gasteiger charge is 2.17. The van der Waals surface area contributed by atoms with Gasteiger partial charge in [0, 0.05) is 72.7 Å². The van der Waals surface area contributed by atoms with Gasteiger partial charge in [-0.05, 0) is 36.2 Å². The molecule has 1 aliphatic heterocycles. The lowest BCUT2D eigenvalue weighted by molar-refractivity contribution is 0.153. The summed E-state index contributed by atoms with van der Waals surface area (Å²) in [5, 5.41) is 6.94. The Hall–Kier alpha value is -2.93.